The fourth-order valence-corrected chi connectivity index (χ4v) is 4.73. The van der Waals surface area contributed by atoms with Crippen LogP contribution in [0.15, 0.2) is 72.0 Å². The van der Waals surface area contributed by atoms with Crippen LogP contribution in [0.25, 0.3) is 22.5 Å². The summed E-state index contributed by atoms with van der Waals surface area (Å²) in [5.74, 6) is 0.380. The molecule has 11 nitrogen and oxygen atoms in total. The van der Waals surface area contributed by atoms with Gasteiger partial charge in [0.15, 0.2) is 11.5 Å². The summed E-state index contributed by atoms with van der Waals surface area (Å²) >= 11 is 6.01. The number of halogens is 1. The van der Waals surface area contributed by atoms with E-state index < -0.39 is 15.9 Å². The summed E-state index contributed by atoms with van der Waals surface area (Å²) in [6.45, 7) is 1.79. The molecule has 0 aliphatic heterocycles. The van der Waals surface area contributed by atoms with Crippen LogP contribution in [-0.4, -0.2) is 62.3 Å². The summed E-state index contributed by atoms with van der Waals surface area (Å²) in [6, 6.07) is 14.6. The number of carbonyl (C=O) groups excluding carboxylic acids is 1. The molecule has 3 heterocycles. The van der Waals surface area contributed by atoms with Crippen LogP contribution in [-0.2, 0) is 10.0 Å². The molecular weight excluding hydrogens is 516 g/mol. The van der Waals surface area contributed by atoms with Crippen LogP contribution in [0.4, 0.5) is 5.82 Å². The zero-order valence-electron chi connectivity index (χ0n) is 20.0. The number of benzene rings is 2. The van der Waals surface area contributed by atoms with Crippen LogP contribution in [0.5, 0.6) is 0 Å². The number of nitrogens with zero attached hydrogens (tertiary/aromatic N) is 7. The third-order valence-electron chi connectivity index (χ3n) is 5.58. The fraction of sp³-hybridized carbons (Fsp3) is 0.125. The number of aryl methyl sites for hydroxylation is 1. The second-order valence-electron chi connectivity index (χ2n) is 8.32. The van der Waals surface area contributed by atoms with Crippen LogP contribution in [0.1, 0.15) is 16.1 Å². The van der Waals surface area contributed by atoms with Crippen molar-refractivity contribution in [2.75, 3.05) is 19.4 Å². The highest BCUT2D eigenvalue weighted by Crippen LogP contribution is 2.25. The molecule has 0 aliphatic carbocycles. The Morgan fingerprint density at radius 3 is 2.38 bits per heavy atom. The maximum atomic E-state index is 13.0. The Bertz CT molecular complexity index is 1730. The molecule has 0 saturated heterocycles. The van der Waals surface area contributed by atoms with E-state index in [2.05, 4.69) is 25.5 Å². The molecule has 0 aliphatic rings. The smallest absolute Gasteiger partial charge is 0.256 e. The largest absolute Gasteiger partial charge is 0.306 e. The lowest BCUT2D eigenvalue weighted by molar-refractivity contribution is 0.102. The molecule has 0 bridgehead atoms. The zero-order chi connectivity index (χ0) is 26.3. The molecule has 1 N–H and O–H groups in total. The lowest BCUT2D eigenvalue weighted by Gasteiger charge is -2.12. The van der Waals surface area contributed by atoms with Crippen molar-refractivity contribution in [2.24, 2.45) is 0 Å². The summed E-state index contributed by atoms with van der Waals surface area (Å²) in [7, 11) is -0.706. The number of amides is 1. The molecule has 188 valence electrons. The third-order valence-corrected chi connectivity index (χ3v) is 7.67. The number of hydrogen-bond acceptors (Lipinski definition) is 7. The molecular formula is C24H21ClN8O3S. The standard InChI is InChI=1S/C24H21ClN8O3S/c1-15-12-21(29-24(34)16-4-10-19(11-5-16)37(35,36)31(2)3)33(30-15)23-20-13-28-32(22(20)26-14-27-23)18-8-6-17(25)7-9-18/h4-14H,1-3H3,(H,29,34). The number of rotatable bonds is 6. The van der Waals surface area contributed by atoms with Gasteiger partial charge in [-0.15, -0.1) is 0 Å². The Kier molecular flexibility index (Phi) is 6.23. The van der Waals surface area contributed by atoms with E-state index in [1.807, 2.05) is 12.1 Å². The lowest BCUT2D eigenvalue weighted by Crippen LogP contribution is -2.22. The molecule has 5 aromatic rings. The van der Waals surface area contributed by atoms with E-state index in [-0.39, 0.29) is 10.5 Å². The van der Waals surface area contributed by atoms with Gasteiger partial charge < -0.3 is 5.32 Å². The molecule has 0 atom stereocenters. The van der Waals surface area contributed by atoms with Gasteiger partial charge in [-0.3, -0.25) is 4.79 Å². The molecule has 37 heavy (non-hydrogen) atoms. The Hall–Kier alpha value is -4.13. The Labute approximate surface area is 217 Å². The second kappa shape index (κ2) is 9.39. The normalized spacial score (nSPS) is 11.8. The van der Waals surface area contributed by atoms with Gasteiger partial charge in [0, 0.05) is 30.7 Å². The van der Waals surface area contributed by atoms with Crippen molar-refractivity contribution in [3.63, 3.8) is 0 Å². The number of aromatic nitrogens is 6. The third kappa shape index (κ3) is 4.57. The predicted octanol–water partition coefficient (Wildman–Crippen LogP) is 3.47. The van der Waals surface area contributed by atoms with Gasteiger partial charge in [0.05, 0.1) is 27.9 Å². The zero-order valence-corrected chi connectivity index (χ0v) is 21.6. The van der Waals surface area contributed by atoms with Gasteiger partial charge in [-0.05, 0) is 55.5 Å². The number of nitrogens with one attached hydrogen (secondary N) is 1. The van der Waals surface area contributed by atoms with Gasteiger partial charge in [-0.25, -0.2) is 27.4 Å². The van der Waals surface area contributed by atoms with E-state index in [9.17, 15) is 13.2 Å². The van der Waals surface area contributed by atoms with E-state index >= 15 is 0 Å². The van der Waals surface area contributed by atoms with Crippen molar-refractivity contribution in [1.82, 2.24) is 33.8 Å². The molecule has 0 spiro atoms. The molecule has 5 rings (SSSR count). The first-order valence-corrected chi connectivity index (χ1v) is 12.8. The molecule has 0 fully saturated rings. The SMILES string of the molecule is Cc1cc(NC(=O)c2ccc(S(=O)(=O)N(C)C)cc2)n(-c2ncnc3c2cnn3-c2ccc(Cl)cc2)n1. The maximum absolute atomic E-state index is 13.0. The quantitative estimate of drug-likeness (QED) is 0.352. The highest BCUT2D eigenvalue weighted by atomic mass is 35.5. The number of sulfonamides is 1. The van der Waals surface area contributed by atoms with Gasteiger partial charge in [-0.2, -0.15) is 14.9 Å². The summed E-state index contributed by atoms with van der Waals surface area (Å²) in [4.78, 5) is 21.9. The van der Waals surface area contributed by atoms with Crippen molar-refractivity contribution in [2.45, 2.75) is 11.8 Å². The molecule has 3 aromatic heterocycles. The second-order valence-corrected chi connectivity index (χ2v) is 10.9. The van der Waals surface area contributed by atoms with Crippen molar-refractivity contribution in [3.8, 4) is 11.5 Å². The van der Waals surface area contributed by atoms with E-state index in [4.69, 9.17) is 11.6 Å². The average molecular weight is 537 g/mol. The molecule has 1 amide bonds. The number of hydrogen-bond donors (Lipinski definition) is 1. The minimum atomic E-state index is -3.60. The predicted molar refractivity (Wildman–Crippen MR) is 139 cm³/mol. The average Bonchev–Trinajstić information content (AvgIpc) is 3.47. The highest BCUT2D eigenvalue weighted by Gasteiger charge is 2.20. The van der Waals surface area contributed by atoms with Crippen LogP contribution in [0.3, 0.4) is 0 Å². The van der Waals surface area contributed by atoms with E-state index in [0.717, 1.165) is 9.99 Å². The minimum Gasteiger partial charge on any atom is -0.306 e. The molecule has 0 saturated carbocycles. The van der Waals surface area contributed by atoms with Crippen LogP contribution in [0.2, 0.25) is 5.02 Å². The molecule has 0 radical (unpaired) electrons. The number of carbonyl (C=O) groups is 1. The van der Waals surface area contributed by atoms with Crippen LogP contribution >= 0.6 is 11.6 Å². The fourth-order valence-electron chi connectivity index (χ4n) is 3.70. The van der Waals surface area contributed by atoms with E-state index in [1.54, 1.807) is 36.0 Å². The highest BCUT2D eigenvalue weighted by molar-refractivity contribution is 7.89. The van der Waals surface area contributed by atoms with Crippen molar-refractivity contribution < 1.29 is 13.2 Å². The summed E-state index contributed by atoms with van der Waals surface area (Å²) < 4.78 is 28.9. The van der Waals surface area contributed by atoms with Gasteiger partial charge in [-0.1, -0.05) is 11.6 Å². The Morgan fingerprint density at radius 2 is 1.70 bits per heavy atom. The molecule has 13 heteroatoms. The van der Waals surface area contributed by atoms with Gasteiger partial charge in [0.1, 0.15) is 12.1 Å². The van der Waals surface area contributed by atoms with Crippen molar-refractivity contribution in [1.29, 1.82) is 0 Å². The Morgan fingerprint density at radius 1 is 1.00 bits per heavy atom. The van der Waals surface area contributed by atoms with Crippen LogP contribution in [0, 0.1) is 6.92 Å². The molecule has 2 aromatic carbocycles. The monoisotopic (exact) mass is 536 g/mol. The maximum Gasteiger partial charge on any atom is 0.256 e. The van der Waals surface area contributed by atoms with Crippen LogP contribution < -0.4 is 5.32 Å². The van der Waals surface area contributed by atoms with E-state index in [0.29, 0.717) is 33.4 Å². The Balaban J connectivity index is 1.48. The first-order chi connectivity index (χ1) is 17.6. The molecule has 0 unspecified atom stereocenters. The van der Waals surface area contributed by atoms with Gasteiger partial charge >= 0.3 is 0 Å². The summed E-state index contributed by atoms with van der Waals surface area (Å²) in [5, 5.41) is 13.0. The lowest BCUT2D eigenvalue weighted by atomic mass is 10.2. The van der Waals surface area contributed by atoms with Gasteiger partial charge in [0.25, 0.3) is 5.91 Å². The minimum absolute atomic E-state index is 0.0935. The van der Waals surface area contributed by atoms with Gasteiger partial charge in [0.2, 0.25) is 10.0 Å². The first-order valence-electron chi connectivity index (χ1n) is 11.0. The summed E-state index contributed by atoms with van der Waals surface area (Å²) in [5.41, 5.74) is 2.26. The number of anilines is 1. The topological polar surface area (TPSA) is 128 Å². The van der Waals surface area contributed by atoms with Crippen molar-refractivity contribution in [3.05, 3.63) is 83.4 Å². The first kappa shape index (κ1) is 24.6. The van der Waals surface area contributed by atoms with Crippen molar-refractivity contribution >= 4 is 44.4 Å². The number of fused-ring (bicyclic) bond motifs is 1. The van der Waals surface area contributed by atoms with E-state index in [1.165, 1.54) is 49.4 Å². The summed E-state index contributed by atoms with van der Waals surface area (Å²) in [6.07, 6.45) is 3.03.